The molecule has 0 aliphatic carbocycles. The van der Waals surface area contributed by atoms with Crippen LogP contribution in [-0.2, 0) is 10.0 Å². The zero-order chi connectivity index (χ0) is 15.2. The van der Waals surface area contributed by atoms with E-state index in [0.29, 0.717) is 18.5 Å². The summed E-state index contributed by atoms with van der Waals surface area (Å²) in [6.45, 7) is 0.569. The molecule has 1 aromatic rings. The number of carboxylic acid groups (broad SMARTS) is 1. The fourth-order valence-corrected chi connectivity index (χ4v) is 1.93. The van der Waals surface area contributed by atoms with Gasteiger partial charge in [0.1, 0.15) is 0 Å². The summed E-state index contributed by atoms with van der Waals surface area (Å²) in [5, 5.41) is 11.3. The summed E-state index contributed by atoms with van der Waals surface area (Å²) in [5.41, 5.74) is 0.463. The highest BCUT2D eigenvalue weighted by molar-refractivity contribution is 7.88. The van der Waals surface area contributed by atoms with Crippen LogP contribution in [0.2, 0.25) is 0 Å². The molecule has 0 spiro atoms. The normalized spacial score (nSPS) is 11.1. The summed E-state index contributed by atoms with van der Waals surface area (Å²) in [6.07, 6.45) is 1.53. The van der Waals surface area contributed by atoms with Crippen LogP contribution >= 0.6 is 0 Å². The van der Waals surface area contributed by atoms with Gasteiger partial charge in [-0.25, -0.2) is 17.9 Å². The topological polar surface area (TPSA) is 113 Å². The third-order valence-corrected chi connectivity index (χ3v) is 3.13. The lowest BCUT2D eigenvalue weighted by Gasteiger charge is -2.06. The van der Waals surface area contributed by atoms with E-state index in [1.54, 1.807) is 0 Å². The molecule has 1 amide bonds. The molecule has 110 valence electrons. The first kappa shape index (κ1) is 16.1. The van der Waals surface area contributed by atoms with Crippen molar-refractivity contribution in [3.63, 3.8) is 0 Å². The average molecular weight is 300 g/mol. The molecule has 0 fully saturated rings. The largest absolute Gasteiger partial charge is 0.478 e. The SMILES string of the molecule is CS(=O)(=O)NCCCNC(=O)c1ccc(C(=O)O)cc1. The van der Waals surface area contributed by atoms with Crippen molar-refractivity contribution in [2.75, 3.05) is 19.3 Å². The summed E-state index contributed by atoms with van der Waals surface area (Å²) in [6, 6.07) is 5.55. The van der Waals surface area contributed by atoms with Crippen molar-refractivity contribution in [1.82, 2.24) is 10.0 Å². The van der Waals surface area contributed by atoms with Crippen molar-refractivity contribution >= 4 is 21.9 Å². The molecule has 0 unspecified atom stereocenters. The van der Waals surface area contributed by atoms with Gasteiger partial charge in [-0.1, -0.05) is 0 Å². The molecule has 1 rings (SSSR count). The predicted octanol–water partition coefficient (Wildman–Crippen LogP) is 0.0539. The molecule has 20 heavy (non-hydrogen) atoms. The third kappa shape index (κ3) is 5.81. The molecule has 0 radical (unpaired) electrons. The number of sulfonamides is 1. The smallest absolute Gasteiger partial charge is 0.335 e. The van der Waals surface area contributed by atoms with Gasteiger partial charge in [0.25, 0.3) is 5.91 Å². The Morgan fingerprint density at radius 2 is 1.65 bits per heavy atom. The van der Waals surface area contributed by atoms with Gasteiger partial charge in [0.05, 0.1) is 11.8 Å². The summed E-state index contributed by atoms with van der Waals surface area (Å²) < 4.78 is 23.9. The predicted molar refractivity (Wildman–Crippen MR) is 73.2 cm³/mol. The Morgan fingerprint density at radius 1 is 1.10 bits per heavy atom. The van der Waals surface area contributed by atoms with Gasteiger partial charge in [0, 0.05) is 18.7 Å². The van der Waals surface area contributed by atoms with E-state index in [4.69, 9.17) is 5.11 Å². The minimum Gasteiger partial charge on any atom is -0.478 e. The van der Waals surface area contributed by atoms with E-state index in [0.717, 1.165) is 6.26 Å². The lowest BCUT2D eigenvalue weighted by atomic mass is 10.1. The average Bonchev–Trinajstić information content (AvgIpc) is 2.37. The number of nitrogens with one attached hydrogen (secondary N) is 2. The lowest BCUT2D eigenvalue weighted by Crippen LogP contribution is -2.29. The molecule has 0 aliphatic heterocycles. The van der Waals surface area contributed by atoms with Crippen LogP contribution in [0.25, 0.3) is 0 Å². The minimum absolute atomic E-state index is 0.110. The van der Waals surface area contributed by atoms with E-state index >= 15 is 0 Å². The van der Waals surface area contributed by atoms with Gasteiger partial charge in [-0.15, -0.1) is 0 Å². The highest BCUT2D eigenvalue weighted by atomic mass is 32.2. The first-order valence-corrected chi connectivity index (χ1v) is 7.75. The molecule has 0 saturated heterocycles. The van der Waals surface area contributed by atoms with Crippen LogP contribution in [0.5, 0.6) is 0 Å². The van der Waals surface area contributed by atoms with Gasteiger partial charge in [-0.2, -0.15) is 0 Å². The Morgan fingerprint density at radius 3 is 2.15 bits per heavy atom. The van der Waals surface area contributed by atoms with Crippen molar-refractivity contribution in [3.05, 3.63) is 35.4 Å². The Bertz CT molecular complexity index is 580. The van der Waals surface area contributed by atoms with Crippen molar-refractivity contribution < 1.29 is 23.1 Å². The molecule has 0 heterocycles. The molecule has 0 atom stereocenters. The number of rotatable bonds is 7. The third-order valence-electron chi connectivity index (χ3n) is 2.40. The van der Waals surface area contributed by atoms with Crippen LogP contribution in [0.3, 0.4) is 0 Å². The van der Waals surface area contributed by atoms with Gasteiger partial charge < -0.3 is 10.4 Å². The van der Waals surface area contributed by atoms with Gasteiger partial charge in [-0.3, -0.25) is 4.79 Å². The highest BCUT2D eigenvalue weighted by Gasteiger charge is 2.07. The summed E-state index contributed by atoms with van der Waals surface area (Å²) in [5.74, 6) is -1.38. The highest BCUT2D eigenvalue weighted by Crippen LogP contribution is 2.04. The number of benzene rings is 1. The van der Waals surface area contributed by atoms with Gasteiger partial charge in [0.2, 0.25) is 10.0 Å². The Hall–Kier alpha value is -1.93. The number of carboxylic acids is 1. The van der Waals surface area contributed by atoms with Gasteiger partial charge in [0.15, 0.2) is 0 Å². The molecule has 0 saturated carbocycles. The number of aromatic carboxylic acids is 1. The number of hydrogen-bond acceptors (Lipinski definition) is 4. The van der Waals surface area contributed by atoms with E-state index in [1.807, 2.05) is 0 Å². The van der Waals surface area contributed by atoms with Crippen molar-refractivity contribution in [2.45, 2.75) is 6.42 Å². The second-order valence-electron chi connectivity index (χ2n) is 4.16. The molecule has 0 aromatic heterocycles. The maximum atomic E-state index is 11.7. The van der Waals surface area contributed by atoms with Crippen molar-refractivity contribution in [3.8, 4) is 0 Å². The van der Waals surface area contributed by atoms with E-state index in [9.17, 15) is 18.0 Å². The van der Waals surface area contributed by atoms with Crippen LogP contribution in [0.1, 0.15) is 27.1 Å². The molecule has 0 bridgehead atoms. The number of carbonyl (C=O) groups excluding carboxylic acids is 1. The zero-order valence-electron chi connectivity index (χ0n) is 10.9. The lowest BCUT2D eigenvalue weighted by molar-refractivity contribution is 0.0696. The van der Waals surface area contributed by atoms with Crippen LogP contribution in [0, 0.1) is 0 Å². The monoisotopic (exact) mass is 300 g/mol. The molecule has 8 heteroatoms. The zero-order valence-corrected chi connectivity index (χ0v) is 11.7. The summed E-state index contributed by atoms with van der Waals surface area (Å²) >= 11 is 0. The number of amides is 1. The number of carbonyl (C=O) groups is 2. The molecular formula is C12H16N2O5S. The summed E-state index contributed by atoms with van der Waals surface area (Å²) in [7, 11) is -3.21. The van der Waals surface area contributed by atoms with E-state index in [2.05, 4.69) is 10.0 Å². The Labute approximate surface area is 117 Å². The molecule has 1 aromatic carbocycles. The molecule has 0 aliphatic rings. The fraction of sp³-hybridized carbons (Fsp3) is 0.333. The maximum absolute atomic E-state index is 11.7. The van der Waals surface area contributed by atoms with Crippen LogP contribution in [0.15, 0.2) is 24.3 Å². The fourth-order valence-electron chi connectivity index (χ4n) is 1.41. The maximum Gasteiger partial charge on any atom is 0.335 e. The molecule has 3 N–H and O–H groups in total. The first-order valence-electron chi connectivity index (χ1n) is 5.86. The quantitative estimate of drug-likeness (QED) is 0.616. The summed E-state index contributed by atoms with van der Waals surface area (Å²) in [4.78, 5) is 22.3. The second-order valence-corrected chi connectivity index (χ2v) is 5.99. The second kappa shape index (κ2) is 7.01. The van der Waals surface area contributed by atoms with E-state index in [-0.39, 0.29) is 18.0 Å². The van der Waals surface area contributed by atoms with E-state index < -0.39 is 16.0 Å². The molecular weight excluding hydrogens is 284 g/mol. The van der Waals surface area contributed by atoms with Crippen LogP contribution in [0.4, 0.5) is 0 Å². The number of hydrogen-bond donors (Lipinski definition) is 3. The van der Waals surface area contributed by atoms with Crippen LogP contribution in [-0.4, -0.2) is 44.7 Å². The first-order chi connectivity index (χ1) is 9.29. The van der Waals surface area contributed by atoms with Crippen molar-refractivity contribution in [2.24, 2.45) is 0 Å². The van der Waals surface area contributed by atoms with Crippen LogP contribution < -0.4 is 10.0 Å². The Balaban J connectivity index is 2.38. The van der Waals surface area contributed by atoms with Gasteiger partial charge in [-0.05, 0) is 30.7 Å². The van der Waals surface area contributed by atoms with Gasteiger partial charge >= 0.3 is 5.97 Å². The molecule has 7 nitrogen and oxygen atoms in total. The minimum atomic E-state index is -3.21. The standard InChI is InChI=1S/C12H16N2O5S/c1-20(18,19)14-8-2-7-13-11(15)9-3-5-10(6-4-9)12(16)17/h3-6,14H,2,7-8H2,1H3,(H,13,15)(H,16,17). The van der Waals surface area contributed by atoms with E-state index in [1.165, 1.54) is 24.3 Å². The van der Waals surface area contributed by atoms with Crippen molar-refractivity contribution in [1.29, 1.82) is 0 Å². The Kier molecular flexibility index (Phi) is 5.66.